The molecule has 0 saturated heterocycles. The summed E-state index contributed by atoms with van der Waals surface area (Å²) >= 11 is 0. The number of hydrogen-bond acceptors (Lipinski definition) is 5. The van der Waals surface area contributed by atoms with Gasteiger partial charge in [-0.15, -0.1) is 0 Å². The van der Waals surface area contributed by atoms with Crippen molar-refractivity contribution in [1.82, 2.24) is 29.6 Å². The highest BCUT2D eigenvalue weighted by Crippen LogP contribution is 2.07. The maximum atomic E-state index is 4.31. The lowest BCUT2D eigenvalue weighted by molar-refractivity contribution is 0.236. The molecule has 1 unspecified atom stereocenters. The molecule has 0 aliphatic rings. The van der Waals surface area contributed by atoms with Crippen LogP contribution in [-0.2, 0) is 19.5 Å². The first-order chi connectivity index (χ1) is 9.20. The largest absolute Gasteiger partial charge is 0.296 e. The van der Waals surface area contributed by atoms with E-state index in [-0.39, 0.29) is 0 Å². The zero-order valence-corrected chi connectivity index (χ0v) is 11.7. The normalized spacial score (nSPS) is 12.8. The van der Waals surface area contributed by atoms with Crippen LogP contribution in [0.5, 0.6) is 0 Å². The lowest BCUT2D eigenvalue weighted by Gasteiger charge is -2.23. The maximum Gasteiger partial charge on any atom is 0.140 e. The van der Waals surface area contributed by atoms with E-state index in [1.165, 1.54) is 0 Å². The molecule has 0 aliphatic heterocycles. The molecule has 6 nitrogen and oxygen atoms in total. The van der Waals surface area contributed by atoms with Gasteiger partial charge in [0.05, 0.1) is 12.2 Å². The fourth-order valence-electron chi connectivity index (χ4n) is 1.95. The standard InChI is InChI=1S/C13H20N6/c1-4-19-13(16-10-17-19)9-18(3)11(2)7-12-8-14-5-6-15-12/h5-6,8,10-11H,4,7,9H2,1-3H3. The molecule has 0 spiro atoms. The fraction of sp³-hybridized carbons (Fsp3) is 0.538. The average Bonchev–Trinajstić information content (AvgIpc) is 2.87. The Morgan fingerprint density at radius 1 is 1.32 bits per heavy atom. The van der Waals surface area contributed by atoms with Crippen LogP contribution in [0, 0.1) is 0 Å². The summed E-state index contributed by atoms with van der Waals surface area (Å²) in [5.41, 5.74) is 1.01. The Kier molecular flexibility index (Phi) is 4.57. The van der Waals surface area contributed by atoms with Crippen LogP contribution in [0.15, 0.2) is 24.9 Å². The van der Waals surface area contributed by atoms with Gasteiger partial charge in [-0.25, -0.2) is 9.67 Å². The second-order valence-corrected chi connectivity index (χ2v) is 4.66. The Bertz CT molecular complexity index is 495. The molecule has 2 heterocycles. The van der Waals surface area contributed by atoms with Gasteiger partial charge in [0.15, 0.2) is 0 Å². The Labute approximate surface area is 113 Å². The second kappa shape index (κ2) is 6.38. The predicted octanol–water partition coefficient (Wildman–Crippen LogP) is 1.15. The van der Waals surface area contributed by atoms with E-state index in [0.29, 0.717) is 6.04 Å². The van der Waals surface area contributed by atoms with Crippen LogP contribution in [-0.4, -0.2) is 42.7 Å². The predicted molar refractivity (Wildman–Crippen MR) is 72.4 cm³/mol. The van der Waals surface area contributed by atoms with Gasteiger partial charge in [-0.3, -0.25) is 14.9 Å². The summed E-state index contributed by atoms with van der Waals surface area (Å²) in [7, 11) is 2.09. The minimum Gasteiger partial charge on any atom is -0.296 e. The lowest BCUT2D eigenvalue weighted by atomic mass is 10.1. The summed E-state index contributed by atoms with van der Waals surface area (Å²) in [5.74, 6) is 0.996. The van der Waals surface area contributed by atoms with Crippen LogP contribution in [0.2, 0.25) is 0 Å². The van der Waals surface area contributed by atoms with Crippen molar-refractivity contribution in [2.24, 2.45) is 0 Å². The van der Waals surface area contributed by atoms with Gasteiger partial charge < -0.3 is 0 Å². The van der Waals surface area contributed by atoms with Crippen molar-refractivity contribution < 1.29 is 0 Å². The minimum absolute atomic E-state index is 0.374. The molecule has 0 aliphatic carbocycles. The van der Waals surface area contributed by atoms with E-state index in [1.807, 2.05) is 10.9 Å². The molecule has 0 bridgehead atoms. The van der Waals surface area contributed by atoms with E-state index in [1.54, 1.807) is 18.7 Å². The molecule has 2 aromatic heterocycles. The van der Waals surface area contributed by atoms with Crippen molar-refractivity contribution in [2.75, 3.05) is 7.05 Å². The quantitative estimate of drug-likeness (QED) is 0.780. The van der Waals surface area contributed by atoms with Crippen LogP contribution in [0.1, 0.15) is 25.4 Å². The van der Waals surface area contributed by atoms with Gasteiger partial charge in [0.25, 0.3) is 0 Å². The van der Waals surface area contributed by atoms with Crippen LogP contribution in [0.25, 0.3) is 0 Å². The van der Waals surface area contributed by atoms with Crippen LogP contribution >= 0.6 is 0 Å². The van der Waals surface area contributed by atoms with Gasteiger partial charge in [0.1, 0.15) is 12.2 Å². The monoisotopic (exact) mass is 260 g/mol. The molecule has 2 rings (SSSR count). The van der Waals surface area contributed by atoms with Crippen molar-refractivity contribution in [2.45, 2.75) is 39.4 Å². The van der Waals surface area contributed by atoms with Gasteiger partial charge in [-0.1, -0.05) is 0 Å². The van der Waals surface area contributed by atoms with E-state index in [2.05, 4.69) is 45.8 Å². The van der Waals surface area contributed by atoms with Gasteiger partial charge in [-0.2, -0.15) is 5.10 Å². The number of nitrogens with zero attached hydrogens (tertiary/aromatic N) is 6. The van der Waals surface area contributed by atoms with Crippen molar-refractivity contribution >= 4 is 0 Å². The summed E-state index contributed by atoms with van der Waals surface area (Å²) < 4.78 is 1.92. The molecule has 0 amide bonds. The summed E-state index contributed by atoms with van der Waals surface area (Å²) in [6.07, 6.45) is 7.74. The van der Waals surface area contributed by atoms with Gasteiger partial charge in [0, 0.05) is 37.6 Å². The van der Waals surface area contributed by atoms with E-state index in [4.69, 9.17) is 0 Å². The SMILES string of the molecule is CCn1ncnc1CN(C)C(C)Cc1cnccn1. The highest BCUT2D eigenvalue weighted by molar-refractivity contribution is 4.97. The van der Waals surface area contributed by atoms with E-state index in [9.17, 15) is 0 Å². The first kappa shape index (κ1) is 13.6. The fourth-order valence-corrected chi connectivity index (χ4v) is 1.95. The first-order valence-corrected chi connectivity index (χ1v) is 6.52. The highest BCUT2D eigenvalue weighted by atomic mass is 15.3. The van der Waals surface area contributed by atoms with Gasteiger partial charge in [0.2, 0.25) is 0 Å². The van der Waals surface area contributed by atoms with Crippen LogP contribution in [0.3, 0.4) is 0 Å². The average molecular weight is 260 g/mol. The number of rotatable bonds is 6. The number of hydrogen-bond donors (Lipinski definition) is 0. The zero-order chi connectivity index (χ0) is 13.7. The van der Waals surface area contributed by atoms with Crippen molar-refractivity contribution in [3.05, 3.63) is 36.4 Å². The lowest BCUT2D eigenvalue weighted by Crippen LogP contribution is -2.31. The molecule has 6 heteroatoms. The smallest absolute Gasteiger partial charge is 0.140 e. The van der Waals surface area contributed by atoms with Crippen molar-refractivity contribution in [1.29, 1.82) is 0 Å². The second-order valence-electron chi connectivity index (χ2n) is 4.66. The first-order valence-electron chi connectivity index (χ1n) is 6.52. The number of likely N-dealkylation sites (N-methyl/N-ethyl adjacent to an activating group) is 1. The molecule has 0 radical (unpaired) electrons. The Hall–Kier alpha value is -1.82. The van der Waals surface area contributed by atoms with Gasteiger partial charge >= 0.3 is 0 Å². The zero-order valence-electron chi connectivity index (χ0n) is 11.7. The van der Waals surface area contributed by atoms with E-state index < -0.39 is 0 Å². The van der Waals surface area contributed by atoms with Crippen molar-refractivity contribution in [3.8, 4) is 0 Å². The van der Waals surface area contributed by atoms with E-state index >= 15 is 0 Å². The summed E-state index contributed by atoms with van der Waals surface area (Å²) in [5, 5.41) is 4.19. The molecule has 0 N–H and O–H groups in total. The van der Waals surface area contributed by atoms with Gasteiger partial charge in [-0.05, 0) is 20.9 Å². The summed E-state index contributed by atoms with van der Waals surface area (Å²) in [6.45, 7) is 5.89. The topological polar surface area (TPSA) is 59.7 Å². The molecular weight excluding hydrogens is 240 g/mol. The Morgan fingerprint density at radius 2 is 2.16 bits per heavy atom. The van der Waals surface area contributed by atoms with Crippen LogP contribution < -0.4 is 0 Å². The van der Waals surface area contributed by atoms with E-state index in [0.717, 1.165) is 31.0 Å². The molecule has 2 aromatic rings. The Morgan fingerprint density at radius 3 is 2.84 bits per heavy atom. The third-order valence-corrected chi connectivity index (χ3v) is 3.26. The third-order valence-electron chi connectivity index (χ3n) is 3.26. The molecule has 102 valence electrons. The number of aryl methyl sites for hydroxylation is 1. The molecular formula is C13H20N6. The Balaban J connectivity index is 1.94. The summed E-state index contributed by atoms with van der Waals surface area (Å²) in [6, 6.07) is 0.374. The molecule has 19 heavy (non-hydrogen) atoms. The highest BCUT2D eigenvalue weighted by Gasteiger charge is 2.14. The molecule has 0 saturated carbocycles. The third kappa shape index (κ3) is 3.57. The summed E-state index contributed by atoms with van der Waals surface area (Å²) in [4.78, 5) is 15.0. The van der Waals surface area contributed by atoms with Crippen molar-refractivity contribution in [3.63, 3.8) is 0 Å². The maximum absolute atomic E-state index is 4.31. The van der Waals surface area contributed by atoms with Crippen LogP contribution in [0.4, 0.5) is 0 Å². The molecule has 0 aromatic carbocycles. The molecule has 1 atom stereocenters. The molecule has 0 fully saturated rings. The minimum atomic E-state index is 0.374. The number of aromatic nitrogens is 5.